The number of rotatable bonds is 7. The molecule has 116 valence electrons. The van der Waals surface area contributed by atoms with E-state index in [0.717, 1.165) is 29.7 Å². The Morgan fingerprint density at radius 3 is 2.30 bits per heavy atom. The van der Waals surface area contributed by atoms with Gasteiger partial charge in [0.05, 0.1) is 22.4 Å². The molecule has 0 radical (unpaired) electrons. The summed E-state index contributed by atoms with van der Waals surface area (Å²) in [6.07, 6.45) is 2.86. The monoisotopic (exact) mass is 344 g/mol. The first kappa shape index (κ1) is 17.7. The zero-order valence-electron chi connectivity index (χ0n) is 13.7. The van der Waals surface area contributed by atoms with E-state index in [0.29, 0.717) is 6.04 Å². The third-order valence-electron chi connectivity index (χ3n) is 4.44. The topological polar surface area (TPSA) is 47.1 Å². The lowest BCUT2D eigenvalue weighted by Gasteiger charge is -2.44. The van der Waals surface area contributed by atoms with Crippen LogP contribution in [0.5, 0.6) is 0 Å². The molecule has 0 amide bonds. The number of likely N-dealkylation sites (N-methyl/N-ethyl adjacent to an activating group) is 1. The summed E-state index contributed by atoms with van der Waals surface area (Å²) in [4.78, 5) is 2.45. The van der Waals surface area contributed by atoms with E-state index in [2.05, 4.69) is 67.5 Å². The van der Waals surface area contributed by atoms with E-state index in [4.69, 9.17) is 5.73 Å². The quantitative estimate of drug-likeness (QED) is 0.819. The average molecular weight is 345 g/mol. The highest BCUT2D eigenvalue weighted by Gasteiger charge is 2.38. The number of hydrogen-bond donors (Lipinski definition) is 1. The Bertz CT molecular complexity index is 426. The van der Waals surface area contributed by atoms with Crippen LogP contribution >= 0.6 is 15.9 Å². The van der Waals surface area contributed by atoms with Gasteiger partial charge >= 0.3 is 0 Å². The van der Waals surface area contributed by atoms with E-state index < -0.39 is 0 Å². The number of halogens is 1. The summed E-state index contributed by atoms with van der Waals surface area (Å²) in [5.74, 6) is 0. The molecule has 0 saturated heterocycles. The van der Waals surface area contributed by atoms with Gasteiger partial charge < -0.3 is 5.73 Å². The van der Waals surface area contributed by atoms with Gasteiger partial charge in [0.15, 0.2) is 0 Å². The summed E-state index contributed by atoms with van der Waals surface area (Å²) >= 11 is 3.62. The smallest absolute Gasteiger partial charge is 0.0715 e. The van der Waals surface area contributed by atoms with Crippen molar-refractivity contribution in [3.63, 3.8) is 0 Å². The first-order chi connectivity index (χ1) is 9.33. The standard InChI is InChI=1S/C15H29BrN4/c1-7-15(6,19(8-2)9-3)14(17)13-12(16)10-18-20(13)11(4)5/h10-11,14H,7-9,17H2,1-6H3. The van der Waals surface area contributed by atoms with Crippen molar-refractivity contribution in [1.82, 2.24) is 14.7 Å². The lowest BCUT2D eigenvalue weighted by Crippen LogP contribution is -2.53. The van der Waals surface area contributed by atoms with Crippen molar-refractivity contribution in [2.45, 2.75) is 65.6 Å². The van der Waals surface area contributed by atoms with E-state index in [9.17, 15) is 0 Å². The summed E-state index contributed by atoms with van der Waals surface area (Å²) in [6, 6.07) is 0.229. The summed E-state index contributed by atoms with van der Waals surface area (Å²) in [7, 11) is 0. The zero-order valence-corrected chi connectivity index (χ0v) is 15.2. The highest BCUT2D eigenvalue weighted by atomic mass is 79.9. The second kappa shape index (κ2) is 7.05. The molecule has 0 aromatic carbocycles. The number of aromatic nitrogens is 2. The van der Waals surface area contributed by atoms with E-state index in [1.54, 1.807) is 0 Å². The molecular weight excluding hydrogens is 316 g/mol. The van der Waals surface area contributed by atoms with Gasteiger partial charge in [0.1, 0.15) is 0 Å². The second-order valence-electron chi connectivity index (χ2n) is 5.78. The van der Waals surface area contributed by atoms with Gasteiger partial charge in [-0.2, -0.15) is 5.10 Å². The van der Waals surface area contributed by atoms with Crippen LogP contribution in [0, 0.1) is 0 Å². The summed E-state index contributed by atoms with van der Waals surface area (Å²) < 4.78 is 3.04. The third kappa shape index (κ3) is 3.10. The molecule has 4 nitrogen and oxygen atoms in total. The Hall–Kier alpha value is -0.390. The molecule has 2 unspecified atom stereocenters. The molecule has 1 rings (SSSR count). The van der Waals surface area contributed by atoms with Gasteiger partial charge in [-0.05, 0) is 56.2 Å². The molecule has 0 aliphatic rings. The fourth-order valence-electron chi connectivity index (χ4n) is 2.93. The lowest BCUT2D eigenvalue weighted by atomic mass is 9.85. The van der Waals surface area contributed by atoms with Gasteiger partial charge in [-0.15, -0.1) is 0 Å². The molecule has 1 aromatic rings. The maximum Gasteiger partial charge on any atom is 0.0715 e. The van der Waals surface area contributed by atoms with Crippen molar-refractivity contribution in [3.05, 3.63) is 16.4 Å². The van der Waals surface area contributed by atoms with Crippen LogP contribution in [0.25, 0.3) is 0 Å². The molecule has 2 N–H and O–H groups in total. The van der Waals surface area contributed by atoms with Crippen LogP contribution in [0.4, 0.5) is 0 Å². The molecule has 0 aliphatic carbocycles. The van der Waals surface area contributed by atoms with Crippen LogP contribution in [-0.4, -0.2) is 33.3 Å². The summed E-state index contributed by atoms with van der Waals surface area (Å²) in [5, 5.41) is 4.47. The van der Waals surface area contributed by atoms with Crippen LogP contribution in [-0.2, 0) is 0 Å². The molecule has 0 bridgehead atoms. The Labute approximate surface area is 131 Å². The normalized spacial score (nSPS) is 16.7. The van der Waals surface area contributed by atoms with Crippen molar-refractivity contribution in [1.29, 1.82) is 0 Å². The molecule has 0 saturated carbocycles. The molecular formula is C15H29BrN4. The fraction of sp³-hybridized carbons (Fsp3) is 0.800. The number of nitrogens with zero attached hydrogens (tertiary/aromatic N) is 3. The first-order valence-electron chi connectivity index (χ1n) is 7.56. The molecule has 0 fully saturated rings. The molecule has 20 heavy (non-hydrogen) atoms. The molecule has 2 atom stereocenters. The van der Waals surface area contributed by atoms with E-state index in [-0.39, 0.29) is 11.6 Å². The summed E-state index contributed by atoms with van der Waals surface area (Å²) in [6.45, 7) is 15.1. The van der Waals surface area contributed by atoms with Crippen LogP contribution in [0.2, 0.25) is 0 Å². The van der Waals surface area contributed by atoms with Crippen LogP contribution < -0.4 is 5.73 Å². The van der Waals surface area contributed by atoms with Gasteiger partial charge in [-0.3, -0.25) is 9.58 Å². The third-order valence-corrected chi connectivity index (χ3v) is 5.05. The van der Waals surface area contributed by atoms with Crippen LogP contribution in [0.15, 0.2) is 10.7 Å². The average Bonchev–Trinajstić information content (AvgIpc) is 2.80. The summed E-state index contributed by atoms with van der Waals surface area (Å²) in [5.41, 5.74) is 7.71. The van der Waals surface area contributed by atoms with E-state index >= 15 is 0 Å². The van der Waals surface area contributed by atoms with Gasteiger partial charge in [-0.25, -0.2) is 0 Å². The van der Waals surface area contributed by atoms with Crippen molar-refractivity contribution in [2.24, 2.45) is 5.73 Å². The second-order valence-corrected chi connectivity index (χ2v) is 6.63. The van der Waals surface area contributed by atoms with Crippen molar-refractivity contribution in [2.75, 3.05) is 13.1 Å². The van der Waals surface area contributed by atoms with Gasteiger partial charge in [-0.1, -0.05) is 20.8 Å². The van der Waals surface area contributed by atoms with E-state index in [1.807, 2.05) is 10.9 Å². The molecule has 1 heterocycles. The van der Waals surface area contributed by atoms with E-state index in [1.165, 1.54) is 0 Å². The maximum absolute atomic E-state index is 6.69. The predicted molar refractivity (Wildman–Crippen MR) is 88.9 cm³/mol. The van der Waals surface area contributed by atoms with Gasteiger partial charge in [0.25, 0.3) is 0 Å². The van der Waals surface area contributed by atoms with Crippen LogP contribution in [0.1, 0.15) is 65.7 Å². The van der Waals surface area contributed by atoms with Crippen molar-refractivity contribution < 1.29 is 0 Å². The van der Waals surface area contributed by atoms with Crippen molar-refractivity contribution in [3.8, 4) is 0 Å². The molecule has 5 heteroatoms. The lowest BCUT2D eigenvalue weighted by molar-refractivity contribution is 0.0806. The maximum atomic E-state index is 6.69. The minimum atomic E-state index is -0.0772. The van der Waals surface area contributed by atoms with Gasteiger partial charge in [0.2, 0.25) is 0 Å². The highest BCUT2D eigenvalue weighted by Crippen LogP contribution is 2.36. The minimum Gasteiger partial charge on any atom is -0.321 e. The SMILES string of the molecule is CCN(CC)C(C)(CC)C(N)c1c(Br)cnn1C(C)C. The fourth-order valence-corrected chi connectivity index (χ4v) is 3.45. The Morgan fingerprint density at radius 2 is 1.90 bits per heavy atom. The zero-order chi connectivity index (χ0) is 15.5. The molecule has 1 aromatic heterocycles. The Balaban J connectivity index is 3.27. The van der Waals surface area contributed by atoms with Crippen molar-refractivity contribution >= 4 is 15.9 Å². The number of nitrogens with two attached hydrogens (primary N) is 1. The molecule has 0 spiro atoms. The predicted octanol–water partition coefficient (Wildman–Crippen LogP) is 3.74. The Kier molecular flexibility index (Phi) is 6.23. The van der Waals surface area contributed by atoms with Crippen LogP contribution in [0.3, 0.4) is 0 Å². The Morgan fingerprint density at radius 1 is 1.35 bits per heavy atom. The van der Waals surface area contributed by atoms with Gasteiger partial charge in [0, 0.05) is 11.6 Å². The minimum absolute atomic E-state index is 0.0707. The first-order valence-corrected chi connectivity index (χ1v) is 8.36. The highest BCUT2D eigenvalue weighted by molar-refractivity contribution is 9.10. The largest absolute Gasteiger partial charge is 0.321 e. The molecule has 0 aliphatic heterocycles. The number of hydrogen-bond acceptors (Lipinski definition) is 3.